The summed E-state index contributed by atoms with van der Waals surface area (Å²) in [7, 11) is 1.81. The molecular weight excluding hydrogens is 138 g/mol. The topological polar surface area (TPSA) is 29.1 Å². The van der Waals surface area contributed by atoms with E-state index < -0.39 is 0 Å². The highest BCUT2D eigenvalue weighted by Crippen LogP contribution is 2.05. The van der Waals surface area contributed by atoms with Crippen molar-refractivity contribution in [2.75, 3.05) is 7.05 Å². The van der Waals surface area contributed by atoms with Crippen LogP contribution in [0.25, 0.3) is 0 Å². The molecule has 0 saturated carbocycles. The highest BCUT2D eigenvalue weighted by Gasteiger charge is 2.04. The van der Waals surface area contributed by atoms with E-state index in [0.717, 1.165) is 18.4 Å². The second kappa shape index (κ2) is 5.96. The normalized spacial score (nSPS) is 11.4. The number of carbonyl (C=O) groups excluding carboxylic acids is 1. The molecule has 0 aliphatic rings. The standard InChI is InChI=1S/C9H17NO/c1-4-6-9(11)8(5-2)7-10-3/h7,10H,4-6H2,1-3H3/b8-7+. The molecule has 2 nitrogen and oxygen atoms in total. The highest BCUT2D eigenvalue weighted by molar-refractivity contribution is 5.95. The van der Waals surface area contributed by atoms with E-state index in [2.05, 4.69) is 5.32 Å². The fourth-order valence-electron chi connectivity index (χ4n) is 0.942. The van der Waals surface area contributed by atoms with Crippen molar-refractivity contribution in [3.05, 3.63) is 11.8 Å². The molecule has 0 aliphatic heterocycles. The molecular formula is C9H17NO. The number of ketones is 1. The molecule has 0 unspecified atom stereocenters. The van der Waals surface area contributed by atoms with E-state index >= 15 is 0 Å². The van der Waals surface area contributed by atoms with Crippen molar-refractivity contribution >= 4 is 5.78 Å². The molecule has 0 aromatic rings. The van der Waals surface area contributed by atoms with Gasteiger partial charge < -0.3 is 5.32 Å². The Hall–Kier alpha value is -0.790. The Labute approximate surface area is 68.7 Å². The molecule has 0 heterocycles. The fraction of sp³-hybridized carbons (Fsp3) is 0.667. The van der Waals surface area contributed by atoms with Crippen LogP contribution < -0.4 is 5.32 Å². The van der Waals surface area contributed by atoms with Crippen LogP contribution in [0.1, 0.15) is 33.1 Å². The fourth-order valence-corrected chi connectivity index (χ4v) is 0.942. The largest absolute Gasteiger partial charge is 0.394 e. The molecule has 0 spiro atoms. The number of rotatable bonds is 5. The summed E-state index contributed by atoms with van der Waals surface area (Å²) in [6.45, 7) is 4.02. The first-order valence-corrected chi connectivity index (χ1v) is 4.15. The summed E-state index contributed by atoms with van der Waals surface area (Å²) >= 11 is 0. The Balaban J connectivity index is 4.03. The van der Waals surface area contributed by atoms with Gasteiger partial charge in [0, 0.05) is 25.2 Å². The van der Waals surface area contributed by atoms with Crippen molar-refractivity contribution in [3.63, 3.8) is 0 Å². The van der Waals surface area contributed by atoms with E-state index in [1.165, 1.54) is 0 Å². The summed E-state index contributed by atoms with van der Waals surface area (Å²) in [6.07, 6.45) is 4.21. The summed E-state index contributed by atoms with van der Waals surface area (Å²) < 4.78 is 0. The molecule has 0 saturated heterocycles. The molecule has 2 heteroatoms. The quantitative estimate of drug-likeness (QED) is 0.614. The molecule has 0 radical (unpaired) electrons. The van der Waals surface area contributed by atoms with Crippen molar-refractivity contribution in [2.45, 2.75) is 33.1 Å². The third-order valence-electron chi connectivity index (χ3n) is 1.53. The maximum absolute atomic E-state index is 11.3. The van der Waals surface area contributed by atoms with Crippen LogP contribution >= 0.6 is 0 Å². The average molecular weight is 155 g/mol. The third-order valence-corrected chi connectivity index (χ3v) is 1.53. The van der Waals surface area contributed by atoms with Crippen LogP contribution in [0.4, 0.5) is 0 Å². The molecule has 0 bridgehead atoms. The van der Waals surface area contributed by atoms with Crippen molar-refractivity contribution in [1.29, 1.82) is 0 Å². The van der Waals surface area contributed by atoms with Gasteiger partial charge in [-0.1, -0.05) is 13.8 Å². The van der Waals surface area contributed by atoms with E-state index in [9.17, 15) is 4.79 Å². The van der Waals surface area contributed by atoms with Gasteiger partial charge in [-0.25, -0.2) is 0 Å². The van der Waals surface area contributed by atoms with Crippen molar-refractivity contribution in [1.82, 2.24) is 5.32 Å². The van der Waals surface area contributed by atoms with Gasteiger partial charge in [0.15, 0.2) is 5.78 Å². The minimum atomic E-state index is 0.268. The van der Waals surface area contributed by atoms with Crippen molar-refractivity contribution in [3.8, 4) is 0 Å². The predicted molar refractivity (Wildman–Crippen MR) is 47.3 cm³/mol. The molecule has 64 valence electrons. The zero-order valence-electron chi connectivity index (χ0n) is 7.61. The monoisotopic (exact) mass is 155 g/mol. The van der Waals surface area contributed by atoms with E-state index in [1.807, 2.05) is 20.9 Å². The number of allylic oxidation sites excluding steroid dienone is 1. The first-order valence-electron chi connectivity index (χ1n) is 4.15. The van der Waals surface area contributed by atoms with E-state index in [0.29, 0.717) is 6.42 Å². The molecule has 0 aromatic carbocycles. The van der Waals surface area contributed by atoms with Crippen LogP contribution in [0.15, 0.2) is 11.8 Å². The maximum atomic E-state index is 11.3. The van der Waals surface area contributed by atoms with Gasteiger partial charge in [0.05, 0.1) is 0 Å². The van der Waals surface area contributed by atoms with E-state index in [-0.39, 0.29) is 5.78 Å². The van der Waals surface area contributed by atoms with Crippen LogP contribution in [0.2, 0.25) is 0 Å². The van der Waals surface area contributed by atoms with Crippen LogP contribution in [-0.4, -0.2) is 12.8 Å². The summed E-state index contributed by atoms with van der Waals surface area (Å²) in [5.74, 6) is 0.268. The molecule has 0 amide bonds. The Kier molecular flexibility index (Phi) is 5.53. The highest BCUT2D eigenvalue weighted by atomic mass is 16.1. The zero-order valence-corrected chi connectivity index (χ0v) is 7.61. The lowest BCUT2D eigenvalue weighted by Crippen LogP contribution is -2.05. The average Bonchev–Trinajstić information content (AvgIpc) is 2.00. The summed E-state index contributed by atoms with van der Waals surface area (Å²) in [6, 6.07) is 0. The Morgan fingerprint density at radius 2 is 2.09 bits per heavy atom. The predicted octanol–water partition coefficient (Wildman–Crippen LogP) is 1.87. The van der Waals surface area contributed by atoms with Crippen molar-refractivity contribution < 1.29 is 4.79 Å². The number of carbonyl (C=O) groups is 1. The van der Waals surface area contributed by atoms with Gasteiger partial charge in [-0.3, -0.25) is 4.79 Å². The lowest BCUT2D eigenvalue weighted by molar-refractivity contribution is -0.115. The number of Topliss-reactive ketones (excluding diaryl/α,β-unsaturated/α-hetero) is 1. The van der Waals surface area contributed by atoms with Gasteiger partial charge in [-0.05, 0) is 12.8 Å². The van der Waals surface area contributed by atoms with Gasteiger partial charge in [-0.15, -0.1) is 0 Å². The SMILES string of the molecule is CCCC(=O)/C(=C/NC)CC. The van der Waals surface area contributed by atoms with E-state index in [1.54, 1.807) is 6.20 Å². The van der Waals surface area contributed by atoms with Gasteiger partial charge in [-0.2, -0.15) is 0 Å². The Bertz CT molecular complexity index is 150. The third kappa shape index (κ3) is 3.81. The smallest absolute Gasteiger partial charge is 0.160 e. The Morgan fingerprint density at radius 3 is 2.45 bits per heavy atom. The van der Waals surface area contributed by atoms with Crippen LogP contribution in [-0.2, 0) is 4.79 Å². The number of hydrogen-bond acceptors (Lipinski definition) is 2. The van der Waals surface area contributed by atoms with Crippen LogP contribution in [0, 0.1) is 0 Å². The first kappa shape index (κ1) is 10.2. The molecule has 0 atom stereocenters. The Morgan fingerprint density at radius 1 is 1.45 bits per heavy atom. The molecule has 0 aromatic heterocycles. The van der Waals surface area contributed by atoms with Gasteiger partial charge in [0.25, 0.3) is 0 Å². The lowest BCUT2D eigenvalue weighted by atomic mass is 10.1. The molecule has 0 aliphatic carbocycles. The molecule has 1 N–H and O–H groups in total. The van der Waals surface area contributed by atoms with Crippen molar-refractivity contribution in [2.24, 2.45) is 0 Å². The van der Waals surface area contributed by atoms with Gasteiger partial charge in [0.2, 0.25) is 0 Å². The van der Waals surface area contributed by atoms with E-state index in [4.69, 9.17) is 0 Å². The summed E-state index contributed by atoms with van der Waals surface area (Å²) in [5, 5.41) is 2.88. The van der Waals surface area contributed by atoms with Crippen LogP contribution in [0.3, 0.4) is 0 Å². The van der Waals surface area contributed by atoms with Gasteiger partial charge in [0.1, 0.15) is 0 Å². The van der Waals surface area contributed by atoms with Gasteiger partial charge >= 0.3 is 0 Å². The first-order chi connectivity index (χ1) is 5.26. The molecule has 0 rings (SSSR count). The summed E-state index contributed by atoms with van der Waals surface area (Å²) in [5.41, 5.74) is 0.898. The number of nitrogens with one attached hydrogen (secondary N) is 1. The second-order valence-electron chi connectivity index (χ2n) is 2.48. The zero-order chi connectivity index (χ0) is 8.69. The number of hydrogen-bond donors (Lipinski definition) is 1. The maximum Gasteiger partial charge on any atom is 0.160 e. The lowest BCUT2D eigenvalue weighted by Gasteiger charge is -2.01. The molecule has 11 heavy (non-hydrogen) atoms. The minimum absolute atomic E-state index is 0.268. The molecule has 0 fully saturated rings. The summed E-state index contributed by atoms with van der Waals surface area (Å²) in [4.78, 5) is 11.3. The second-order valence-corrected chi connectivity index (χ2v) is 2.48. The minimum Gasteiger partial charge on any atom is -0.394 e. The van der Waals surface area contributed by atoms with Crippen LogP contribution in [0.5, 0.6) is 0 Å².